The fourth-order valence-corrected chi connectivity index (χ4v) is 2.90. The Kier molecular flexibility index (Phi) is 12.1. The highest BCUT2D eigenvalue weighted by Crippen LogP contribution is 2.24. The third kappa shape index (κ3) is 10.2. The molecule has 0 aliphatic heterocycles. The van der Waals surface area contributed by atoms with Gasteiger partial charge in [0.1, 0.15) is 5.82 Å². The number of guanidine groups is 1. The van der Waals surface area contributed by atoms with E-state index in [1.807, 2.05) is 26.8 Å². The number of hydrogen-bond donors (Lipinski definition) is 3. The zero-order chi connectivity index (χ0) is 19.6. The van der Waals surface area contributed by atoms with Gasteiger partial charge in [0.15, 0.2) is 5.96 Å². The van der Waals surface area contributed by atoms with Crippen molar-refractivity contribution in [2.75, 3.05) is 31.9 Å². The number of rotatable bonds is 10. The lowest BCUT2D eigenvalue weighted by atomic mass is 9.85. The van der Waals surface area contributed by atoms with Gasteiger partial charge in [-0.15, -0.1) is 24.0 Å². The molecule has 6 nitrogen and oxygen atoms in total. The molecule has 0 radical (unpaired) electrons. The quantitative estimate of drug-likeness (QED) is 0.194. The average Bonchev–Trinajstić information content (AvgIpc) is 2.59. The van der Waals surface area contributed by atoms with Crippen molar-refractivity contribution in [3.8, 4) is 0 Å². The molecular formula is C18H32FIN4O2S. The van der Waals surface area contributed by atoms with Crippen molar-refractivity contribution in [3.63, 3.8) is 0 Å². The lowest BCUT2D eigenvalue weighted by molar-refractivity contribution is 0.529. The van der Waals surface area contributed by atoms with Crippen LogP contribution in [0.5, 0.6) is 0 Å². The summed E-state index contributed by atoms with van der Waals surface area (Å²) in [5.74, 6) is 0.495. The second-order valence-corrected chi connectivity index (χ2v) is 8.76. The van der Waals surface area contributed by atoms with Crippen molar-refractivity contribution in [3.05, 3.63) is 35.6 Å². The van der Waals surface area contributed by atoms with Crippen molar-refractivity contribution in [1.29, 1.82) is 0 Å². The van der Waals surface area contributed by atoms with Crippen LogP contribution in [-0.4, -0.2) is 46.3 Å². The summed E-state index contributed by atoms with van der Waals surface area (Å²) in [6, 6.07) is 6.58. The minimum atomic E-state index is -3.15. The summed E-state index contributed by atoms with van der Waals surface area (Å²) in [5.41, 5.74) is 0.590. The molecule has 1 rings (SSSR count). The molecule has 0 amide bonds. The molecule has 0 bridgehead atoms. The van der Waals surface area contributed by atoms with E-state index in [4.69, 9.17) is 0 Å². The zero-order valence-electron chi connectivity index (χ0n) is 16.5. The van der Waals surface area contributed by atoms with Gasteiger partial charge in [0, 0.05) is 25.0 Å². The van der Waals surface area contributed by atoms with Crippen LogP contribution in [0.2, 0.25) is 0 Å². The fraction of sp³-hybridized carbons (Fsp3) is 0.611. The molecular weight excluding hydrogens is 482 g/mol. The summed E-state index contributed by atoms with van der Waals surface area (Å²) in [6.45, 7) is 9.82. The Morgan fingerprint density at radius 1 is 1.19 bits per heavy atom. The predicted molar refractivity (Wildman–Crippen MR) is 121 cm³/mol. The van der Waals surface area contributed by atoms with E-state index in [-0.39, 0.29) is 41.0 Å². The number of hydrogen-bond acceptors (Lipinski definition) is 3. The molecule has 0 fully saturated rings. The minimum Gasteiger partial charge on any atom is -0.357 e. The van der Waals surface area contributed by atoms with Gasteiger partial charge in [0.25, 0.3) is 0 Å². The minimum absolute atomic E-state index is 0. The molecule has 156 valence electrons. The molecule has 3 N–H and O–H groups in total. The molecule has 0 aromatic heterocycles. The Hall–Kier alpha value is -0.940. The van der Waals surface area contributed by atoms with Gasteiger partial charge in [-0.3, -0.25) is 4.99 Å². The monoisotopic (exact) mass is 514 g/mol. The fourth-order valence-electron chi connectivity index (χ4n) is 2.24. The van der Waals surface area contributed by atoms with Crippen molar-refractivity contribution >= 4 is 40.0 Å². The van der Waals surface area contributed by atoms with Crippen LogP contribution in [-0.2, 0) is 15.4 Å². The first-order valence-electron chi connectivity index (χ1n) is 8.95. The van der Waals surface area contributed by atoms with Crippen LogP contribution < -0.4 is 15.4 Å². The maximum atomic E-state index is 13.5. The Morgan fingerprint density at radius 2 is 1.89 bits per heavy atom. The Balaban J connectivity index is 0.00000676. The molecule has 0 atom stereocenters. The van der Waals surface area contributed by atoms with Gasteiger partial charge in [-0.2, -0.15) is 0 Å². The molecule has 0 saturated carbocycles. The van der Waals surface area contributed by atoms with Crippen LogP contribution in [0, 0.1) is 5.82 Å². The number of sulfonamides is 1. The van der Waals surface area contributed by atoms with Crippen molar-refractivity contribution < 1.29 is 12.8 Å². The number of halogens is 2. The highest BCUT2D eigenvalue weighted by molar-refractivity contribution is 14.0. The number of benzene rings is 1. The first kappa shape index (κ1) is 26.1. The van der Waals surface area contributed by atoms with Gasteiger partial charge >= 0.3 is 0 Å². The second kappa shape index (κ2) is 12.5. The van der Waals surface area contributed by atoms with Gasteiger partial charge in [-0.05, 0) is 38.0 Å². The van der Waals surface area contributed by atoms with Crippen LogP contribution >= 0.6 is 24.0 Å². The summed E-state index contributed by atoms with van der Waals surface area (Å²) in [6.07, 6.45) is 0.650. The van der Waals surface area contributed by atoms with Gasteiger partial charge in [0.05, 0.1) is 12.3 Å². The van der Waals surface area contributed by atoms with Crippen LogP contribution in [0.1, 0.15) is 39.7 Å². The topological polar surface area (TPSA) is 82.6 Å². The number of nitrogens with zero attached hydrogens (tertiary/aromatic N) is 1. The van der Waals surface area contributed by atoms with Crippen molar-refractivity contribution in [2.45, 2.75) is 39.5 Å². The van der Waals surface area contributed by atoms with Crippen LogP contribution in [0.25, 0.3) is 0 Å². The molecule has 0 aliphatic carbocycles. The van der Waals surface area contributed by atoms with Gasteiger partial charge in [-0.25, -0.2) is 17.5 Å². The standard InChI is InChI=1S/C18H31FN4O2S.HI/c1-5-20-17(21-11-8-12-23-26(24,25)6-2)22-14-18(3,4)15-9-7-10-16(19)13-15;/h7,9-10,13,23H,5-6,8,11-12,14H2,1-4H3,(H2,20,21,22);1H. The first-order chi connectivity index (χ1) is 12.2. The maximum absolute atomic E-state index is 13.5. The molecule has 0 heterocycles. The van der Waals surface area contributed by atoms with Crippen LogP contribution in [0.15, 0.2) is 29.3 Å². The summed E-state index contributed by atoms with van der Waals surface area (Å²) >= 11 is 0. The molecule has 9 heteroatoms. The van der Waals surface area contributed by atoms with E-state index in [2.05, 4.69) is 20.3 Å². The molecule has 0 spiro atoms. The van der Waals surface area contributed by atoms with Crippen molar-refractivity contribution in [1.82, 2.24) is 15.4 Å². The van der Waals surface area contributed by atoms with E-state index in [0.717, 1.165) is 5.56 Å². The Labute approximate surface area is 179 Å². The number of aliphatic imine (C=N–C) groups is 1. The van der Waals surface area contributed by atoms with E-state index < -0.39 is 10.0 Å². The predicted octanol–water partition coefficient (Wildman–Crippen LogP) is 2.61. The summed E-state index contributed by atoms with van der Waals surface area (Å²) < 4.78 is 38.7. The molecule has 1 aromatic rings. The maximum Gasteiger partial charge on any atom is 0.211 e. The average molecular weight is 514 g/mol. The van der Waals surface area contributed by atoms with Crippen LogP contribution in [0.4, 0.5) is 4.39 Å². The lowest BCUT2D eigenvalue weighted by Crippen LogP contribution is -2.40. The van der Waals surface area contributed by atoms with E-state index >= 15 is 0 Å². The lowest BCUT2D eigenvalue weighted by Gasteiger charge is -2.24. The molecule has 0 saturated heterocycles. The van der Waals surface area contributed by atoms with Crippen molar-refractivity contribution in [2.24, 2.45) is 4.99 Å². The van der Waals surface area contributed by atoms with E-state index in [9.17, 15) is 12.8 Å². The summed E-state index contributed by atoms with van der Waals surface area (Å²) in [4.78, 5) is 4.59. The van der Waals surface area contributed by atoms with E-state index in [0.29, 0.717) is 38.6 Å². The molecule has 1 aromatic carbocycles. The molecule has 0 unspecified atom stereocenters. The normalized spacial score (nSPS) is 12.4. The summed E-state index contributed by atoms with van der Waals surface area (Å²) in [7, 11) is -3.15. The van der Waals surface area contributed by atoms with Gasteiger partial charge in [0.2, 0.25) is 10.0 Å². The van der Waals surface area contributed by atoms with E-state index in [1.165, 1.54) is 12.1 Å². The number of nitrogens with one attached hydrogen (secondary N) is 3. The highest BCUT2D eigenvalue weighted by Gasteiger charge is 2.21. The van der Waals surface area contributed by atoms with Gasteiger partial charge < -0.3 is 10.6 Å². The molecule has 0 aliphatic rings. The third-order valence-corrected chi connectivity index (χ3v) is 5.33. The molecule has 27 heavy (non-hydrogen) atoms. The third-order valence-electron chi connectivity index (χ3n) is 3.93. The summed E-state index contributed by atoms with van der Waals surface area (Å²) in [5, 5.41) is 6.35. The second-order valence-electron chi connectivity index (χ2n) is 6.67. The largest absolute Gasteiger partial charge is 0.357 e. The zero-order valence-corrected chi connectivity index (χ0v) is 19.7. The SMILES string of the molecule is CCNC(=NCC(C)(C)c1cccc(F)c1)NCCCNS(=O)(=O)CC.I. The smallest absolute Gasteiger partial charge is 0.211 e. The van der Waals surface area contributed by atoms with Gasteiger partial charge in [-0.1, -0.05) is 26.0 Å². The van der Waals surface area contributed by atoms with E-state index in [1.54, 1.807) is 13.0 Å². The Morgan fingerprint density at radius 3 is 2.48 bits per heavy atom. The highest BCUT2D eigenvalue weighted by atomic mass is 127. The Bertz CT molecular complexity index is 696. The van der Waals surface area contributed by atoms with Crippen LogP contribution in [0.3, 0.4) is 0 Å². The first-order valence-corrected chi connectivity index (χ1v) is 10.6.